The summed E-state index contributed by atoms with van der Waals surface area (Å²) in [5.41, 5.74) is 4.21. The molecule has 4 rings (SSSR count). The summed E-state index contributed by atoms with van der Waals surface area (Å²) < 4.78 is 7.32. The van der Waals surface area contributed by atoms with Gasteiger partial charge in [-0.05, 0) is 56.3 Å². The van der Waals surface area contributed by atoms with E-state index in [1.165, 1.54) is 0 Å². The van der Waals surface area contributed by atoms with Crippen molar-refractivity contribution in [3.05, 3.63) is 88.3 Å². The van der Waals surface area contributed by atoms with Crippen molar-refractivity contribution in [1.29, 1.82) is 0 Å². The van der Waals surface area contributed by atoms with Crippen LogP contribution in [0.15, 0.2) is 59.3 Å². The molecule has 7 nitrogen and oxygen atoms in total. The van der Waals surface area contributed by atoms with E-state index in [1.807, 2.05) is 50.2 Å². The number of carbonyl (C=O) groups excluding carboxylic acids is 1. The van der Waals surface area contributed by atoms with E-state index in [4.69, 9.17) is 16.1 Å². The van der Waals surface area contributed by atoms with E-state index in [1.54, 1.807) is 18.3 Å². The number of amides is 1. The molecule has 1 N–H and O–H groups in total. The number of aromatic nitrogens is 4. The van der Waals surface area contributed by atoms with Crippen LogP contribution in [0.3, 0.4) is 0 Å². The van der Waals surface area contributed by atoms with Crippen molar-refractivity contribution in [3.63, 3.8) is 0 Å². The van der Waals surface area contributed by atoms with Crippen molar-refractivity contribution in [2.24, 2.45) is 0 Å². The van der Waals surface area contributed by atoms with Gasteiger partial charge in [0.2, 0.25) is 11.7 Å². The van der Waals surface area contributed by atoms with Crippen LogP contribution >= 0.6 is 11.6 Å². The molecule has 8 heteroatoms. The molecule has 30 heavy (non-hydrogen) atoms. The van der Waals surface area contributed by atoms with Crippen LogP contribution in [0.1, 0.15) is 33.3 Å². The highest BCUT2D eigenvalue weighted by Gasteiger charge is 2.17. The first kappa shape index (κ1) is 19.8. The second-order valence-electron chi connectivity index (χ2n) is 6.89. The third-order valence-electron chi connectivity index (χ3n) is 4.84. The van der Waals surface area contributed by atoms with Crippen molar-refractivity contribution < 1.29 is 9.32 Å². The molecule has 0 aliphatic rings. The van der Waals surface area contributed by atoms with Gasteiger partial charge in [0.15, 0.2) is 0 Å². The maximum absolute atomic E-state index is 12.7. The fourth-order valence-corrected chi connectivity index (χ4v) is 3.35. The van der Waals surface area contributed by atoms with E-state index in [-0.39, 0.29) is 12.5 Å². The molecule has 152 valence electrons. The molecule has 0 unspecified atom stereocenters. The van der Waals surface area contributed by atoms with E-state index >= 15 is 0 Å². The molecule has 4 aromatic rings. The standard InChI is InChI=1S/C22H20ClN5O2/c1-14-11-19(15(2)28(14)13-18-5-3-4-10-24-18)22(29)25-12-20-26-21(27-30-20)16-6-8-17(23)9-7-16/h3-11H,12-13H2,1-2H3,(H,25,29). The second kappa shape index (κ2) is 8.51. The molecule has 3 heterocycles. The molecular formula is C22H20ClN5O2. The number of halogens is 1. The highest BCUT2D eigenvalue weighted by atomic mass is 35.5. The summed E-state index contributed by atoms with van der Waals surface area (Å²) in [6.07, 6.45) is 1.76. The Hall–Kier alpha value is -3.45. The number of rotatable bonds is 6. The first-order valence-corrected chi connectivity index (χ1v) is 9.82. The highest BCUT2D eigenvalue weighted by molar-refractivity contribution is 6.30. The van der Waals surface area contributed by atoms with E-state index in [9.17, 15) is 4.79 Å². The largest absolute Gasteiger partial charge is 0.343 e. The molecule has 0 atom stereocenters. The van der Waals surface area contributed by atoms with Gasteiger partial charge in [0.1, 0.15) is 0 Å². The monoisotopic (exact) mass is 421 g/mol. The van der Waals surface area contributed by atoms with Crippen LogP contribution in [0.25, 0.3) is 11.4 Å². The lowest BCUT2D eigenvalue weighted by Crippen LogP contribution is -2.23. The minimum absolute atomic E-state index is 0.142. The van der Waals surface area contributed by atoms with Crippen molar-refractivity contribution in [2.45, 2.75) is 26.9 Å². The van der Waals surface area contributed by atoms with Gasteiger partial charge in [0, 0.05) is 28.2 Å². The van der Waals surface area contributed by atoms with Gasteiger partial charge in [-0.2, -0.15) is 4.98 Å². The van der Waals surface area contributed by atoms with Gasteiger partial charge in [-0.1, -0.05) is 22.8 Å². The Balaban J connectivity index is 1.43. The molecule has 0 spiro atoms. The maximum Gasteiger partial charge on any atom is 0.253 e. The van der Waals surface area contributed by atoms with Gasteiger partial charge in [-0.15, -0.1) is 0 Å². The smallest absolute Gasteiger partial charge is 0.253 e. The Bertz CT molecular complexity index is 1170. The Labute approximate surface area is 178 Å². The van der Waals surface area contributed by atoms with Crippen LogP contribution in [-0.2, 0) is 13.1 Å². The Morgan fingerprint density at radius 1 is 1.17 bits per heavy atom. The van der Waals surface area contributed by atoms with Gasteiger partial charge < -0.3 is 14.4 Å². The zero-order valence-corrected chi connectivity index (χ0v) is 17.3. The minimum Gasteiger partial charge on any atom is -0.343 e. The van der Waals surface area contributed by atoms with E-state index in [0.717, 1.165) is 22.6 Å². The minimum atomic E-state index is -0.193. The lowest BCUT2D eigenvalue weighted by molar-refractivity contribution is 0.0945. The Morgan fingerprint density at radius 2 is 1.97 bits per heavy atom. The number of pyridine rings is 1. The van der Waals surface area contributed by atoms with E-state index < -0.39 is 0 Å². The third-order valence-corrected chi connectivity index (χ3v) is 5.09. The van der Waals surface area contributed by atoms with Gasteiger partial charge in [0.25, 0.3) is 5.91 Å². The number of nitrogens with zero attached hydrogens (tertiary/aromatic N) is 4. The summed E-state index contributed by atoms with van der Waals surface area (Å²) >= 11 is 5.90. The van der Waals surface area contributed by atoms with Crippen molar-refractivity contribution in [2.75, 3.05) is 0 Å². The van der Waals surface area contributed by atoms with Gasteiger partial charge in [-0.25, -0.2) is 0 Å². The number of benzene rings is 1. The zero-order valence-electron chi connectivity index (χ0n) is 16.6. The maximum atomic E-state index is 12.7. The summed E-state index contributed by atoms with van der Waals surface area (Å²) in [5, 5.41) is 7.44. The second-order valence-corrected chi connectivity index (χ2v) is 7.33. The van der Waals surface area contributed by atoms with Gasteiger partial charge in [-0.3, -0.25) is 9.78 Å². The summed E-state index contributed by atoms with van der Waals surface area (Å²) in [7, 11) is 0. The lowest BCUT2D eigenvalue weighted by atomic mass is 10.2. The van der Waals surface area contributed by atoms with Crippen molar-refractivity contribution in [1.82, 2.24) is 25.0 Å². The van der Waals surface area contributed by atoms with Crippen molar-refractivity contribution in [3.8, 4) is 11.4 Å². The summed E-state index contributed by atoms with van der Waals surface area (Å²) in [4.78, 5) is 21.4. The van der Waals surface area contributed by atoms with Crippen LogP contribution in [0.5, 0.6) is 0 Å². The Kier molecular flexibility index (Phi) is 5.63. The van der Waals surface area contributed by atoms with E-state index in [2.05, 4.69) is 25.0 Å². The predicted octanol–water partition coefficient (Wildman–Crippen LogP) is 4.18. The zero-order chi connectivity index (χ0) is 21.1. The molecular weight excluding hydrogens is 402 g/mol. The average molecular weight is 422 g/mol. The SMILES string of the molecule is Cc1cc(C(=O)NCc2nc(-c3ccc(Cl)cc3)no2)c(C)n1Cc1ccccn1. The Morgan fingerprint density at radius 3 is 2.70 bits per heavy atom. The van der Waals surface area contributed by atoms with Gasteiger partial charge >= 0.3 is 0 Å². The van der Waals surface area contributed by atoms with Crippen LogP contribution in [-0.4, -0.2) is 25.6 Å². The van der Waals surface area contributed by atoms with Gasteiger partial charge in [0.05, 0.1) is 24.3 Å². The molecule has 3 aromatic heterocycles. The average Bonchev–Trinajstić information content (AvgIpc) is 3.34. The number of nitrogens with one attached hydrogen (secondary N) is 1. The number of hydrogen-bond acceptors (Lipinski definition) is 5. The number of carbonyl (C=O) groups is 1. The molecule has 1 aromatic carbocycles. The van der Waals surface area contributed by atoms with Crippen LogP contribution in [0.4, 0.5) is 0 Å². The summed E-state index contributed by atoms with van der Waals surface area (Å²) in [5.74, 6) is 0.585. The van der Waals surface area contributed by atoms with Crippen molar-refractivity contribution >= 4 is 17.5 Å². The van der Waals surface area contributed by atoms with Crippen LogP contribution in [0.2, 0.25) is 5.02 Å². The molecule has 1 amide bonds. The van der Waals surface area contributed by atoms with E-state index in [0.29, 0.717) is 28.8 Å². The fourth-order valence-electron chi connectivity index (χ4n) is 3.22. The first-order chi connectivity index (χ1) is 14.5. The molecule has 0 radical (unpaired) electrons. The molecule has 0 aliphatic carbocycles. The quantitative estimate of drug-likeness (QED) is 0.504. The molecule has 0 bridgehead atoms. The predicted molar refractivity (Wildman–Crippen MR) is 113 cm³/mol. The lowest BCUT2D eigenvalue weighted by Gasteiger charge is -2.09. The number of hydrogen-bond donors (Lipinski definition) is 1. The normalized spacial score (nSPS) is 10.9. The summed E-state index contributed by atoms with van der Waals surface area (Å²) in [6, 6.07) is 14.8. The first-order valence-electron chi connectivity index (χ1n) is 9.44. The topological polar surface area (TPSA) is 85.8 Å². The molecule has 0 saturated heterocycles. The summed E-state index contributed by atoms with van der Waals surface area (Å²) in [6.45, 7) is 4.66. The molecule has 0 saturated carbocycles. The van der Waals surface area contributed by atoms with Crippen LogP contribution in [0, 0.1) is 13.8 Å². The fraction of sp³-hybridized carbons (Fsp3) is 0.182. The molecule has 0 fully saturated rings. The molecule has 0 aliphatic heterocycles. The highest BCUT2D eigenvalue weighted by Crippen LogP contribution is 2.19. The van der Waals surface area contributed by atoms with Crippen LogP contribution < -0.4 is 5.32 Å². The number of aryl methyl sites for hydroxylation is 1. The third kappa shape index (κ3) is 4.26.